The molecule has 0 atom stereocenters. The molecule has 94 valence electrons. The molecule has 0 N–H and O–H groups in total. The summed E-state index contributed by atoms with van der Waals surface area (Å²) >= 11 is 5.86. The van der Waals surface area contributed by atoms with Crippen LogP contribution in [0.3, 0.4) is 0 Å². The predicted molar refractivity (Wildman–Crippen MR) is 69.8 cm³/mol. The highest BCUT2D eigenvalue weighted by Crippen LogP contribution is 2.24. The van der Waals surface area contributed by atoms with E-state index in [0.29, 0.717) is 11.9 Å². The van der Waals surface area contributed by atoms with Crippen LogP contribution in [0.2, 0.25) is 0 Å². The molecule has 0 radical (unpaired) electrons. The van der Waals surface area contributed by atoms with Gasteiger partial charge in [-0.3, -0.25) is 4.90 Å². The Bertz CT molecular complexity index is 333. The molecule has 0 aromatic heterocycles. The smallest absolute Gasteiger partial charge is 0.123 e. The maximum absolute atomic E-state index is 12.8. The Balaban J connectivity index is 1.98. The van der Waals surface area contributed by atoms with Crippen LogP contribution in [0.1, 0.15) is 31.2 Å². The summed E-state index contributed by atoms with van der Waals surface area (Å²) in [6.07, 6.45) is 5.20. The van der Waals surface area contributed by atoms with Crippen molar-refractivity contribution in [2.45, 2.75) is 38.3 Å². The fraction of sp³-hybridized carbons (Fsp3) is 0.571. The van der Waals surface area contributed by atoms with E-state index in [0.717, 1.165) is 13.1 Å². The van der Waals surface area contributed by atoms with Crippen LogP contribution < -0.4 is 0 Å². The van der Waals surface area contributed by atoms with Gasteiger partial charge in [-0.25, -0.2) is 4.39 Å². The Morgan fingerprint density at radius 3 is 2.41 bits per heavy atom. The van der Waals surface area contributed by atoms with Gasteiger partial charge in [0.2, 0.25) is 0 Å². The quantitative estimate of drug-likeness (QED) is 0.724. The molecule has 0 heterocycles. The largest absolute Gasteiger partial charge is 0.295 e. The second kappa shape index (κ2) is 6.36. The highest BCUT2D eigenvalue weighted by Gasteiger charge is 2.21. The van der Waals surface area contributed by atoms with E-state index in [1.807, 2.05) is 12.1 Å². The molecule has 0 spiro atoms. The van der Waals surface area contributed by atoms with Gasteiger partial charge >= 0.3 is 0 Å². The average Bonchev–Trinajstić information content (AvgIpc) is 2.85. The van der Waals surface area contributed by atoms with Gasteiger partial charge in [0.25, 0.3) is 0 Å². The van der Waals surface area contributed by atoms with Gasteiger partial charge in [-0.2, -0.15) is 0 Å². The van der Waals surface area contributed by atoms with Crippen LogP contribution in [-0.2, 0) is 6.54 Å². The van der Waals surface area contributed by atoms with Crippen molar-refractivity contribution in [3.63, 3.8) is 0 Å². The van der Waals surface area contributed by atoms with Gasteiger partial charge in [0, 0.05) is 25.0 Å². The van der Waals surface area contributed by atoms with Crippen LogP contribution in [0, 0.1) is 5.82 Å². The Morgan fingerprint density at radius 1 is 1.18 bits per heavy atom. The lowest BCUT2D eigenvalue weighted by molar-refractivity contribution is 0.201. The van der Waals surface area contributed by atoms with Gasteiger partial charge in [-0.05, 0) is 30.5 Å². The molecule has 1 saturated carbocycles. The molecular formula is C14H19ClFN. The Hall–Kier alpha value is -0.600. The minimum absolute atomic E-state index is 0.168. The topological polar surface area (TPSA) is 3.24 Å². The SMILES string of the molecule is Fc1ccc(CN(CCCl)C2CCCC2)cc1. The average molecular weight is 256 g/mol. The van der Waals surface area contributed by atoms with Crippen LogP contribution >= 0.6 is 11.6 Å². The van der Waals surface area contributed by atoms with E-state index in [1.54, 1.807) is 0 Å². The van der Waals surface area contributed by atoms with Gasteiger partial charge in [0.1, 0.15) is 5.82 Å². The van der Waals surface area contributed by atoms with Gasteiger partial charge in [0.15, 0.2) is 0 Å². The molecule has 0 saturated heterocycles. The molecule has 1 aromatic rings. The summed E-state index contributed by atoms with van der Waals surface area (Å²) in [6, 6.07) is 7.46. The molecule has 0 unspecified atom stereocenters. The predicted octanol–water partition coefficient (Wildman–Crippen LogP) is 3.81. The third kappa shape index (κ3) is 3.68. The summed E-state index contributed by atoms with van der Waals surface area (Å²) in [5, 5.41) is 0. The lowest BCUT2D eigenvalue weighted by atomic mass is 10.1. The number of hydrogen-bond donors (Lipinski definition) is 0. The monoisotopic (exact) mass is 255 g/mol. The number of alkyl halides is 1. The van der Waals surface area contributed by atoms with E-state index in [-0.39, 0.29) is 5.82 Å². The Morgan fingerprint density at radius 2 is 1.82 bits per heavy atom. The molecule has 3 heteroatoms. The van der Waals surface area contributed by atoms with Crippen molar-refractivity contribution in [3.8, 4) is 0 Å². The second-order valence-electron chi connectivity index (χ2n) is 4.72. The molecule has 1 fully saturated rings. The molecular weight excluding hydrogens is 237 g/mol. The zero-order valence-electron chi connectivity index (χ0n) is 10.0. The maximum Gasteiger partial charge on any atom is 0.123 e. The first kappa shape index (κ1) is 12.8. The first-order valence-corrected chi connectivity index (χ1v) is 6.87. The lowest BCUT2D eigenvalue weighted by Crippen LogP contribution is -2.34. The van der Waals surface area contributed by atoms with Crippen LogP contribution in [-0.4, -0.2) is 23.4 Å². The molecule has 0 bridgehead atoms. The summed E-state index contributed by atoms with van der Waals surface area (Å²) in [5.41, 5.74) is 1.17. The summed E-state index contributed by atoms with van der Waals surface area (Å²) in [5.74, 6) is 0.496. The van der Waals surface area contributed by atoms with Crippen molar-refractivity contribution < 1.29 is 4.39 Å². The Kier molecular flexibility index (Phi) is 4.81. The van der Waals surface area contributed by atoms with Crippen LogP contribution in [0.15, 0.2) is 24.3 Å². The van der Waals surface area contributed by atoms with Crippen LogP contribution in [0.5, 0.6) is 0 Å². The van der Waals surface area contributed by atoms with Gasteiger partial charge < -0.3 is 0 Å². The zero-order valence-corrected chi connectivity index (χ0v) is 10.8. The van der Waals surface area contributed by atoms with Crippen molar-refractivity contribution in [2.75, 3.05) is 12.4 Å². The van der Waals surface area contributed by atoms with Crippen molar-refractivity contribution in [2.24, 2.45) is 0 Å². The maximum atomic E-state index is 12.8. The number of rotatable bonds is 5. The number of halogens is 2. The summed E-state index contributed by atoms with van der Waals surface area (Å²) < 4.78 is 12.8. The van der Waals surface area contributed by atoms with E-state index in [9.17, 15) is 4.39 Å². The first-order chi connectivity index (χ1) is 8.29. The van der Waals surface area contributed by atoms with E-state index < -0.39 is 0 Å². The minimum atomic E-state index is -0.168. The molecule has 1 nitrogen and oxygen atoms in total. The normalized spacial score (nSPS) is 16.9. The molecule has 2 rings (SSSR count). The number of benzene rings is 1. The van der Waals surface area contributed by atoms with Crippen molar-refractivity contribution in [3.05, 3.63) is 35.6 Å². The number of hydrogen-bond acceptors (Lipinski definition) is 1. The van der Waals surface area contributed by atoms with Crippen LogP contribution in [0.4, 0.5) is 4.39 Å². The molecule has 1 aromatic carbocycles. The van der Waals surface area contributed by atoms with Crippen molar-refractivity contribution >= 4 is 11.6 Å². The highest BCUT2D eigenvalue weighted by atomic mass is 35.5. The summed E-state index contributed by atoms with van der Waals surface area (Å²) in [7, 11) is 0. The van der Waals surface area contributed by atoms with E-state index in [4.69, 9.17) is 11.6 Å². The molecule has 1 aliphatic rings. The summed E-state index contributed by atoms with van der Waals surface area (Å²) in [6.45, 7) is 1.81. The number of nitrogens with zero attached hydrogens (tertiary/aromatic N) is 1. The standard InChI is InChI=1S/C14H19ClFN/c15-9-10-17(14-3-1-2-4-14)11-12-5-7-13(16)8-6-12/h5-8,14H,1-4,9-11H2. The molecule has 0 amide bonds. The minimum Gasteiger partial charge on any atom is -0.295 e. The van der Waals surface area contributed by atoms with Gasteiger partial charge in [-0.1, -0.05) is 25.0 Å². The van der Waals surface area contributed by atoms with Crippen molar-refractivity contribution in [1.29, 1.82) is 0 Å². The third-order valence-electron chi connectivity index (χ3n) is 3.51. The first-order valence-electron chi connectivity index (χ1n) is 6.34. The molecule has 1 aliphatic carbocycles. The van der Waals surface area contributed by atoms with Crippen molar-refractivity contribution in [1.82, 2.24) is 4.90 Å². The van der Waals surface area contributed by atoms with E-state index in [1.165, 1.54) is 43.4 Å². The third-order valence-corrected chi connectivity index (χ3v) is 3.68. The second-order valence-corrected chi connectivity index (χ2v) is 5.10. The Labute approximate surface area is 108 Å². The summed E-state index contributed by atoms with van der Waals surface area (Å²) in [4.78, 5) is 2.44. The van der Waals surface area contributed by atoms with Gasteiger partial charge in [-0.15, -0.1) is 11.6 Å². The van der Waals surface area contributed by atoms with E-state index >= 15 is 0 Å². The van der Waals surface area contributed by atoms with Gasteiger partial charge in [0.05, 0.1) is 0 Å². The fourth-order valence-electron chi connectivity index (χ4n) is 2.59. The lowest BCUT2D eigenvalue weighted by Gasteiger charge is -2.28. The molecule has 17 heavy (non-hydrogen) atoms. The fourth-order valence-corrected chi connectivity index (χ4v) is 2.81. The highest BCUT2D eigenvalue weighted by molar-refractivity contribution is 6.18. The van der Waals surface area contributed by atoms with Crippen LogP contribution in [0.25, 0.3) is 0 Å². The van der Waals surface area contributed by atoms with E-state index in [2.05, 4.69) is 4.90 Å². The zero-order chi connectivity index (χ0) is 12.1. The molecule has 0 aliphatic heterocycles.